The van der Waals surface area contributed by atoms with Crippen LogP contribution in [0.25, 0.3) is 5.57 Å². The number of halogens is 3. The first-order chi connectivity index (χ1) is 9.69. The fourth-order valence-corrected chi connectivity index (χ4v) is 3.29. The number of hydrogen-bond acceptors (Lipinski definition) is 2. The summed E-state index contributed by atoms with van der Waals surface area (Å²) in [6.07, 6.45) is 0.123. The Kier molecular flexibility index (Phi) is 2.94. The summed E-state index contributed by atoms with van der Waals surface area (Å²) in [4.78, 5) is 6.05. The summed E-state index contributed by atoms with van der Waals surface area (Å²) in [5.41, 5.74) is 0.0787. The lowest BCUT2D eigenvalue weighted by molar-refractivity contribution is -0.0690. The molecule has 1 aliphatic carbocycles. The zero-order valence-electron chi connectivity index (χ0n) is 12.0. The van der Waals surface area contributed by atoms with Crippen molar-refractivity contribution in [3.63, 3.8) is 0 Å². The summed E-state index contributed by atoms with van der Waals surface area (Å²) in [6.45, 7) is 8.14. The summed E-state index contributed by atoms with van der Waals surface area (Å²) in [7, 11) is 0. The second kappa shape index (κ2) is 4.36. The van der Waals surface area contributed by atoms with Crippen LogP contribution in [0.15, 0.2) is 36.7 Å². The minimum absolute atomic E-state index is 0.141. The van der Waals surface area contributed by atoms with Gasteiger partial charge >= 0.3 is 6.18 Å². The van der Waals surface area contributed by atoms with E-state index in [1.54, 1.807) is 0 Å². The Labute approximate surface area is 122 Å². The predicted octanol–water partition coefficient (Wildman–Crippen LogP) is 4.55. The Bertz CT molecular complexity index is 621. The summed E-state index contributed by atoms with van der Waals surface area (Å²) >= 11 is 0. The Morgan fingerprint density at radius 1 is 1.33 bits per heavy atom. The maximum Gasteiger partial charge on any atom is 0.417 e. The number of pyridine rings is 1. The van der Waals surface area contributed by atoms with Gasteiger partial charge in [-0.05, 0) is 36.5 Å². The molecular weight excluding hydrogens is 277 g/mol. The summed E-state index contributed by atoms with van der Waals surface area (Å²) in [6, 6.07) is 3.19. The van der Waals surface area contributed by atoms with E-state index in [1.807, 2.05) is 4.90 Å². The summed E-state index contributed by atoms with van der Waals surface area (Å²) in [5, 5.41) is 0. The molecule has 21 heavy (non-hydrogen) atoms. The van der Waals surface area contributed by atoms with E-state index >= 15 is 0 Å². The Morgan fingerprint density at radius 3 is 2.57 bits per heavy atom. The van der Waals surface area contributed by atoms with Gasteiger partial charge in [-0.1, -0.05) is 20.4 Å². The largest absolute Gasteiger partial charge is 0.417 e. The van der Waals surface area contributed by atoms with Gasteiger partial charge < -0.3 is 4.90 Å². The van der Waals surface area contributed by atoms with Gasteiger partial charge in [0.1, 0.15) is 5.82 Å². The smallest absolute Gasteiger partial charge is 0.323 e. The van der Waals surface area contributed by atoms with Gasteiger partial charge in [-0.25, -0.2) is 4.98 Å². The van der Waals surface area contributed by atoms with E-state index in [1.165, 1.54) is 18.3 Å². The normalized spacial score (nSPS) is 21.7. The number of rotatable bonds is 1. The molecule has 1 saturated carbocycles. The predicted molar refractivity (Wildman–Crippen MR) is 76.7 cm³/mol. The molecule has 1 aromatic rings. The number of nitrogens with zero attached hydrogens (tertiary/aromatic N) is 2. The highest BCUT2D eigenvalue weighted by molar-refractivity contribution is 5.84. The van der Waals surface area contributed by atoms with Gasteiger partial charge in [0, 0.05) is 23.5 Å². The van der Waals surface area contributed by atoms with E-state index in [4.69, 9.17) is 0 Å². The lowest BCUT2D eigenvalue weighted by Gasteiger charge is -2.50. The molecule has 1 aliphatic heterocycles. The molecule has 0 spiro atoms. The van der Waals surface area contributed by atoms with Crippen molar-refractivity contribution in [1.29, 1.82) is 0 Å². The molecule has 0 N–H and O–H groups in total. The molecule has 0 bridgehead atoms. The molecule has 0 atom stereocenters. The number of anilines is 1. The first kappa shape index (κ1) is 14.2. The second-order valence-corrected chi connectivity index (χ2v) is 6.52. The van der Waals surface area contributed by atoms with Crippen molar-refractivity contribution in [2.45, 2.75) is 38.9 Å². The number of alkyl halides is 3. The number of hydrogen-bond donors (Lipinski definition) is 0. The first-order valence-electron chi connectivity index (χ1n) is 6.91. The number of aromatic nitrogens is 1. The molecular formula is C16H17F3N2. The van der Waals surface area contributed by atoms with Crippen LogP contribution in [0.5, 0.6) is 0 Å². The van der Waals surface area contributed by atoms with Gasteiger partial charge in [0.15, 0.2) is 0 Å². The van der Waals surface area contributed by atoms with E-state index in [0.717, 1.165) is 18.9 Å². The minimum atomic E-state index is -4.40. The average Bonchev–Trinajstić information content (AvgIpc) is 2.34. The van der Waals surface area contributed by atoms with E-state index in [0.29, 0.717) is 11.5 Å². The van der Waals surface area contributed by atoms with Crippen LogP contribution in [0.3, 0.4) is 0 Å². The SMILES string of the molecule is C=C1C=C(C(F)(F)F)c2cccnc2N1C1CC(C)(C)C1. The second-order valence-electron chi connectivity index (χ2n) is 6.52. The van der Waals surface area contributed by atoms with Crippen LogP contribution in [-0.4, -0.2) is 17.2 Å². The van der Waals surface area contributed by atoms with E-state index in [2.05, 4.69) is 25.4 Å². The third-order valence-electron chi connectivity index (χ3n) is 4.17. The third-order valence-corrected chi connectivity index (χ3v) is 4.17. The van der Waals surface area contributed by atoms with Crippen molar-refractivity contribution < 1.29 is 13.2 Å². The van der Waals surface area contributed by atoms with Crippen LogP contribution in [0.2, 0.25) is 0 Å². The third kappa shape index (κ3) is 2.34. The topological polar surface area (TPSA) is 16.1 Å². The van der Waals surface area contributed by atoms with Crippen molar-refractivity contribution in [3.05, 3.63) is 42.2 Å². The first-order valence-corrected chi connectivity index (χ1v) is 6.91. The van der Waals surface area contributed by atoms with Gasteiger partial charge in [0.2, 0.25) is 0 Å². The van der Waals surface area contributed by atoms with Gasteiger partial charge in [0.25, 0.3) is 0 Å². The van der Waals surface area contributed by atoms with Crippen LogP contribution in [0.4, 0.5) is 19.0 Å². The Balaban J connectivity index is 2.03. The van der Waals surface area contributed by atoms with Crippen molar-refractivity contribution >= 4 is 11.4 Å². The molecule has 1 fully saturated rings. The molecule has 0 unspecified atom stereocenters. The maximum atomic E-state index is 13.2. The van der Waals surface area contributed by atoms with Crippen LogP contribution in [-0.2, 0) is 0 Å². The van der Waals surface area contributed by atoms with Gasteiger partial charge in [-0.3, -0.25) is 0 Å². The highest BCUT2D eigenvalue weighted by Gasteiger charge is 2.45. The Hall–Kier alpha value is -1.78. The van der Waals surface area contributed by atoms with Crippen LogP contribution in [0.1, 0.15) is 32.3 Å². The molecule has 5 heteroatoms. The van der Waals surface area contributed by atoms with E-state index in [9.17, 15) is 13.2 Å². The van der Waals surface area contributed by atoms with Crippen LogP contribution < -0.4 is 4.90 Å². The van der Waals surface area contributed by atoms with Gasteiger partial charge in [-0.2, -0.15) is 13.2 Å². The summed E-state index contributed by atoms with van der Waals surface area (Å²) in [5.74, 6) is 0.373. The fourth-order valence-electron chi connectivity index (χ4n) is 3.29. The molecule has 0 radical (unpaired) electrons. The maximum absolute atomic E-state index is 13.2. The average molecular weight is 294 g/mol. The fraction of sp³-hybridized carbons (Fsp3) is 0.438. The lowest BCUT2D eigenvalue weighted by Crippen LogP contribution is -2.49. The van der Waals surface area contributed by atoms with Crippen molar-refractivity contribution in [2.24, 2.45) is 5.41 Å². The summed E-state index contributed by atoms with van der Waals surface area (Å²) < 4.78 is 39.6. The lowest BCUT2D eigenvalue weighted by atomic mass is 9.67. The molecule has 1 aromatic heterocycles. The number of fused-ring (bicyclic) bond motifs is 1. The van der Waals surface area contributed by atoms with Gasteiger partial charge in [0.05, 0.1) is 5.57 Å². The highest BCUT2D eigenvalue weighted by atomic mass is 19.4. The van der Waals surface area contributed by atoms with Crippen LogP contribution in [0, 0.1) is 5.41 Å². The van der Waals surface area contributed by atoms with Crippen molar-refractivity contribution in [2.75, 3.05) is 4.90 Å². The number of allylic oxidation sites excluding steroid dienone is 2. The zero-order chi connectivity index (χ0) is 15.4. The molecule has 0 saturated heterocycles. The molecule has 2 nitrogen and oxygen atoms in total. The van der Waals surface area contributed by atoms with Crippen LogP contribution >= 0.6 is 0 Å². The zero-order valence-corrected chi connectivity index (χ0v) is 12.0. The quantitative estimate of drug-likeness (QED) is 0.755. The molecule has 3 rings (SSSR count). The van der Waals surface area contributed by atoms with Crippen molar-refractivity contribution in [3.8, 4) is 0 Å². The van der Waals surface area contributed by atoms with E-state index in [-0.39, 0.29) is 17.0 Å². The minimum Gasteiger partial charge on any atom is -0.323 e. The van der Waals surface area contributed by atoms with Gasteiger partial charge in [-0.15, -0.1) is 0 Å². The molecule has 0 aromatic carbocycles. The molecule has 0 amide bonds. The Morgan fingerprint density at radius 2 is 2.00 bits per heavy atom. The molecule has 2 aliphatic rings. The monoisotopic (exact) mass is 294 g/mol. The standard InChI is InChI=1S/C16H17F3N2/c1-10-7-13(16(17,18)19)12-5-4-6-20-14(12)21(10)11-8-15(2,3)9-11/h4-7,11H,1,8-9H2,2-3H3. The van der Waals surface area contributed by atoms with E-state index < -0.39 is 11.7 Å². The molecule has 112 valence electrons. The highest BCUT2D eigenvalue weighted by Crippen LogP contribution is 2.49. The van der Waals surface area contributed by atoms with Crippen molar-refractivity contribution in [1.82, 2.24) is 4.98 Å². The molecule has 2 heterocycles.